The Labute approximate surface area is 158 Å². The Balaban J connectivity index is 0.00000264. The lowest BCUT2D eigenvalue weighted by molar-refractivity contribution is 0.624. The Morgan fingerprint density at radius 2 is 2.09 bits per heavy atom. The van der Waals surface area contributed by atoms with E-state index in [4.69, 9.17) is 0 Å². The molecule has 0 saturated carbocycles. The molecule has 2 aromatic rings. The second-order valence-electron chi connectivity index (χ2n) is 4.93. The van der Waals surface area contributed by atoms with E-state index >= 15 is 0 Å². The molecule has 1 aromatic carbocycles. The van der Waals surface area contributed by atoms with Gasteiger partial charge in [0.1, 0.15) is 5.82 Å². The standard InChI is InChI=1S/C17H22FN3S.HI/c1-2-19-17(21-13-16-9-5-11-22-16)20-10-4-7-14-6-3-8-15(18)12-14;/h3,5-6,8-9,11-12H,2,4,7,10,13H2,1H3,(H2,19,20,21);1H. The highest BCUT2D eigenvalue weighted by atomic mass is 127. The number of hydrogen-bond acceptors (Lipinski definition) is 2. The van der Waals surface area contributed by atoms with Gasteiger partial charge in [-0.05, 0) is 48.9 Å². The van der Waals surface area contributed by atoms with Gasteiger partial charge in [-0.25, -0.2) is 9.38 Å². The molecule has 1 aromatic heterocycles. The summed E-state index contributed by atoms with van der Waals surface area (Å²) in [5.74, 6) is 0.659. The molecule has 126 valence electrons. The third-order valence-electron chi connectivity index (χ3n) is 3.14. The van der Waals surface area contributed by atoms with Crippen LogP contribution in [0.25, 0.3) is 0 Å². The van der Waals surface area contributed by atoms with Gasteiger partial charge in [-0.3, -0.25) is 0 Å². The molecule has 0 bridgehead atoms. The zero-order valence-corrected chi connectivity index (χ0v) is 16.4. The van der Waals surface area contributed by atoms with E-state index in [1.807, 2.05) is 12.1 Å². The molecule has 0 aliphatic rings. The van der Waals surface area contributed by atoms with Gasteiger partial charge in [0.2, 0.25) is 0 Å². The zero-order valence-electron chi connectivity index (χ0n) is 13.2. The zero-order chi connectivity index (χ0) is 15.6. The van der Waals surface area contributed by atoms with Gasteiger partial charge >= 0.3 is 0 Å². The number of nitrogens with one attached hydrogen (secondary N) is 2. The Kier molecular flexibility index (Phi) is 9.86. The van der Waals surface area contributed by atoms with Crippen LogP contribution in [-0.4, -0.2) is 19.0 Å². The molecular formula is C17H23FIN3S. The molecule has 0 radical (unpaired) electrons. The number of aliphatic imine (C=N–C) groups is 1. The number of nitrogens with zero attached hydrogens (tertiary/aromatic N) is 1. The first-order valence-corrected chi connectivity index (χ1v) is 8.45. The van der Waals surface area contributed by atoms with Crippen molar-refractivity contribution in [3.63, 3.8) is 0 Å². The second-order valence-corrected chi connectivity index (χ2v) is 5.97. The van der Waals surface area contributed by atoms with Crippen molar-refractivity contribution in [1.82, 2.24) is 10.6 Å². The molecule has 3 nitrogen and oxygen atoms in total. The SMILES string of the molecule is CCNC(=NCc1cccs1)NCCCc1cccc(F)c1.I. The quantitative estimate of drug-likeness (QED) is 0.289. The van der Waals surface area contributed by atoms with Crippen molar-refractivity contribution in [2.24, 2.45) is 4.99 Å². The lowest BCUT2D eigenvalue weighted by atomic mass is 10.1. The summed E-state index contributed by atoms with van der Waals surface area (Å²) < 4.78 is 13.1. The van der Waals surface area contributed by atoms with Crippen molar-refractivity contribution in [3.05, 3.63) is 58.0 Å². The van der Waals surface area contributed by atoms with E-state index in [0.29, 0.717) is 6.54 Å². The maximum atomic E-state index is 13.1. The van der Waals surface area contributed by atoms with Crippen LogP contribution in [0.2, 0.25) is 0 Å². The summed E-state index contributed by atoms with van der Waals surface area (Å²) in [5, 5.41) is 8.61. The third kappa shape index (κ3) is 7.78. The first-order chi connectivity index (χ1) is 10.8. The maximum Gasteiger partial charge on any atom is 0.191 e. The fourth-order valence-electron chi connectivity index (χ4n) is 2.09. The van der Waals surface area contributed by atoms with Crippen molar-refractivity contribution in [3.8, 4) is 0 Å². The fourth-order valence-corrected chi connectivity index (χ4v) is 2.72. The monoisotopic (exact) mass is 447 g/mol. The van der Waals surface area contributed by atoms with E-state index in [9.17, 15) is 4.39 Å². The normalized spacial score (nSPS) is 11.0. The van der Waals surface area contributed by atoms with Gasteiger partial charge in [0, 0.05) is 18.0 Å². The number of aryl methyl sites for hydroxylation is 1. The summed E-state index contributed by atoms with van der Waals surface area (Å²) in [7, 11) is 0. The molecule has 0 atom stereocenters. The average Bonchev–Trinajstić information content (AvgIpc) is 3.02. The lowest BCUT2D eigenvalue weighted by Crippen LogP contribution is -2.37. The van der Waals surface area contributed by atoms with Gasteiger partial charge in [0.05, 0.1) is 6.54 Å². The van der Waals surface area contributed by atoms with Crippen molar-refractivity contribution in [1.29, 1.82) is 0 Å². The largest absolute Gasteiger partial charge is 0.357 e. The number of thiophene rings is 1. The van der Waals surface area contributed by atoms with Crippen LogP contribution in [0.3, 0.4) is 0 Å². The summed E-state index contributed by atoms with van der Waals surface area (Å²) >= 11 is 1.71. The number of rotatable bonds is 7. The summed E-state index contributed by atoms with van der Waals surface area (Å²) in [5.41, 5.74) is 1.03. The predicted octanol–water partition coefficient (Wildman–Crippen LogP) is 4.19. The van der Waals surface area contributed by atoms with Gasteiger partial charge in [-0.15, -0.1) is 35.3 Å². The van der Waals surface area contributed by atoms with Crippen molar-refractivity contribution >= 4 is 41.3 Å². The van der Waals surface area contributed by atoms with E-state index < -0.39 is 0 Å². The Hall–Kier alpha value is -1.15. The molecule has 1 heterocycles. The molecule has 23 heavy (non-hydrogen) atoms. The molecule has 0 unspecified atom stereocenters. The minimum atomic E-state index is -0.170. The van der Waals surface area contributed by atoms with Gasteiger partial charge in [0.25, 0.3) is 0 Å². The van der Waals surface area contributed by atoms with E-state index in [1.165, 1.54) is 10.9 Å². The first kappa shape index (κ1) is 19.9. The summed E-state index contributed by atoms with van der Waals surface area (Å²) in [6.07, 6.45) is 1.79. The van der Waals surface area contributed by atoms with Gasteiger partial charge in [-0.1, -0.05) is 18.2 Å². The molecule has 0 fully saturated rings. The molecule has 2 N–H and O–H groups in total. The van der Waals surface area contributed by atoms with Crippen LogP contribution in [0.15, 0.2) is 46.8 Å². The summed E-state index contributed by atoms with van der Waals surface area (Å²) in [6, 6.07) is 10.9. The Bertz CT molecular complexity index is 587. The Morgan fingerprint density at radius 1 is 1.22 bits per heavy atom. The molecule has 0 saturated heterocycles. The molecule has 0 spiro atoms. The predicted molar refractivity (Wildman–Crippen MR) is 107 cm³/mol. The highest BCUT2D eigenvalue weighted by Gasteiger charge is 1.99. The smallest absolute Gasteiger partial charge is 0.191 e. The molecule has 0 amide bonds. The minimum Gasteiger partial charge on any atom is -0.357 e. The van der Waals surface area contributed by atoms with E-state index in [0.717, 1.165) is 37.5 Å². The second kappa shape index (κ2) is 11.4. The molecule has 0 aliphatic carbocycles. The van der Waals surface area contributed by atoms with Gasteiger partial charge < -0.3 is 10.6 Å². The van der Waals surface area contributed by atoms with E-state index in [2.05, 4.69) is 34.0 Å². The van der Waals surface area contributed by atoms with Crippen molar-refractivity contribution < 1.29 is 4.39 Å². The summed E-state index contributed by atoms with van der Waals surface area (Å²) in [6.45, 7) is 4.39. The number of halogens is 2. The highest BCUT2D eigenvalue weighted by molar-refractivity contribution is 14.0. The molecule has 2 rings (SSSR count). The minimum absolute atomic E-state index is 0. The molecule has 0 aliphatic heterocycles. The summed E-state index contributed by atoms with van der Waals surface area (Å²) in [4.78, 5) is 5.81. The van der Waals surface area contributed by atoms with E-state index in [1.54, 1.807) is 23.5 Å². The lowest BCUT2D eigenvalue weighted by Gasteiger charge is -2.11. The number of hydrogen-bond donors (Lipinski definition) is 2. The third-order valence-corrected chi connectivity index (χ3v) is 4.00. The first-order valence-electron chi connectivity index (χ1n) is 7.57. The van der Waals surface area contributed by atoms with Crippen LogP contribution in [0.5, 0.6) is 0 Å². The fraction of sp³-hybridized carbons (Fsp3) is 0.353. The molecular weight excluding hydrogens is 424 g/mol. The van der Waals surface area contributed by atoms with Crippen molar-refractivity contribution in [2.45, 2.75) is 26.3 Å². The van der Waals surface area contributed by atoms with Crippen molar-refractivity contribution in [2.75, 3.05) is 13.1 Å². The molecule has 6 heteroatoms. The van der Waals surface area contributed by atoms with Gasteiger partial charge in [-0.2, -0.15) is 0 Å². The van der Waals surface area contributed by atoms with Crippen LogP contribution in [-0.2, 0) is 13.0 Å². The van der Waals surface area contributed by atoms with Crippen LogP contribution >= 0.6 is 35.3 Å². The van der Waals surface area contributed by atoms with Crippen LogP contribution < -0.4 is 10.6 Å². The maximum absolute atomic E-state index is 13.1. The van der Waals surface area contributed by atoms with Crippen LogP contribution in [0.4, 0.5) is 4.39 Å². The van der Waals surface area contributed by atoms with Gasteiger partial charge in [0.15, 0.2) is 5.96 Å². The average molecular weight is 447 g/mol. The Morgan fingerprint density at radius 3 is 2.78 bits per heavy atom. The number of guanidine groups is 1. The van der Waals surface area contributed by atoms with Crippen LogP contribution in [0.1, 0.15) is 23.8 Å². The topological polar surface area (TPSA) is 36.4 Å². The van der Waals surface area contributed by atoms with Crippen LogP contribution in [0, 0.1) is 5.82 Å². The van der Waals surface area contributed by atoms with E-state index in [-0.39, 0.29) is 29.8 Å². The highest BCUT2D eigenvalue weighted by Crippen LogP contribution is 2.09. The number of benzene rings is 1.